The van der Waals surface area contributed by atoms with Gasteiger partial charge in [0.1, 0.15) is 0 Å². The Morgan fingerprint density at radius 2 is 2.00 bits per heavy atom. The van der Waals surface area contributed by atoms with Gasteiger partial charge in [-0.05, 0) is 42.0 Å². The molecule has 5 nitrogen and oxygen atoms in total. The van der Waals surface area contributed by atoms with Crippen LogP contribution in [0.5, 0.6) is 0 Å². The largest absolute Gasteiger partial charge is 0.342 e. The number of amides is 2. The van der Waals surface area contributed by atoms with Gasteiger partial charge in [0.05, 0.1) is 4.88 Å². The summed E-state index contributed by atoms with van der Waals surface area (Å²) in [6, 6.07) is 10.7. The summed E-state index contributed by atoms with van der Waals surface area (Å²) >= 11 is 1.38. The third kappa shape index (κ3) is 5.41. The standard InChI is InChI=1S/C19H25N3O2S/c1-13(2)16(20)9-10-22(3)19(24)14-6-4-7-15(12-14)21-18(23)17-8-5-11-25-17/h4-8,11-13,16H,9-10,20H2,1-3H3,(H,21,23). The van der Waals surface area contributed by atoms with Gasteiger partial charge in [0, 0.05) is 30.9 Å². The quantitative estimate of drug-likeness (QED) is 0.795. The molecular formula is C19H25N3O2S. The summed E-state index contributed by atoms with van der Waals surface area (Å²) in [4.78, 5) is 27.0. The number of hydrogen-bond donors (Lipinski definition) is 2. The fourth-order valence-corrected chi connectivity index (χ4v) is 2.95. The number of nitrogens with zero attached hydrogens (tertiary/aromatic N) is 1. The van der Waals surface area contributed by atoms with Crippen LogP contribution >= 0.6 is 11.3 Å². The molecule has 2 aromatic rings. The summed E-state index contributed by atoms with van der Waals surface area (Å²) in [6.45, 7) is 4.75. The molecule has 2 amide bonds. The Morgan fingerprint density at radius 1 is 1.24 bits per heavy atom. The molecule has 2 rings (SSSR count). The molecular weight excluding hydrogens is 334 g/mol. The molecule has 1 aromatic carbocycles. The van der Waals surface area contributed by atoms with Gasteiger partial charge >= 0.3 is 0 Å². The number of benzene rings is 1. The highest BCUT2D eigenvalue weighted by Crippen LogP contribution is 2.16. The maximum atomic E-state index is 12.6. The number of rotatable bonds is 7. The minimum absolute atomic E-state index is 0.0756. The van der Waals surface area contributed by atoms with Gasteiger partial charge in [-0.3, -0.25) is 9.59 Å². The third-order valence-corrected chi connectivity index (χ3v) is 4.98. The average molecular weight is 359 g/mol. The number of nitrogens with one attached hydrogen (secondary N) is 1. The van der Waals surface area contributed by atoms with Gasteiger partial charge in [0.25, 0.3) is 11.8 Å². The monoisotopic (exact) mass is 359 g/mol. The molecule has 0 aliphatic carbocycles. The van der Waals surface area contributed by atoms with Crippen LogP contribution in [-0.4, -0.2) is 36.3 Å². The first-order chi connectivity index (χ1) is 11.9. The molecule has 1 atom stereocenters. The van der Waals surface area contributed by atoms with Gasteiger partial charge in [-0.25, -0.2) is 0 Å². The van der Waals surface area contributed by atoms with E-state index < -0.39 is 0 Å². The highest BCUT2D eigenvalue weighted by molar-refractivity contribution is 7.12. The van der Waals surface area contributed by atoms with Crippen LogP contribution in [0, 0.1) is 5.92 Å². The second-order valence-corrected chi connectivity index (χ2v) is 7.38. The van der Waals surface area contributed by atoms with Crippen molar-refractivity contribution in [3.05, 3.63) is 52.2 Å². The Morgan fingerprint density at radius 3 is 2.64 bits per heavy atom. The highest BCUT2D eigenvalue weighted by Gasteiger charge is 2.15. The van der Waals surface area contributed by atoms with Crippen LogP contribution in [-0.2, 0) is 0 Å². The third-order valence-electron chi connectivity index (χ3n) is 4.11. The Kier molecular flexibility index (Phi) is 6.73. The zero-order valence-corrected chi connectivity index (χ0v) is 15.7. The Balaban J connectivity index is 1.99. The summed E-state index contributed by atoms with van der Waals surface area (Å²) in [5.74, 6) is 0.137. The van der Waals surface area contributed by atoms with Crippen molar-refractivity contribution >= 4 is 28.8 Å². The van der Waals surface area contributed by atoms with Crippen LogP contribution in [0.3, 0.4) is 0 Å². The summed E-state index contributed by atoms with van der Waals surface area (Å²) in [5.41, 5.74) is 7.20. The fourth-order valence-electron chi connectivity index (χ4n) is 2.33. The second kappa shape index (κ2) is 8.78. The van der Waals surface area contributed by atoms with Crippen molar-refractivity contribution in [1.29, 1.82) is 0 Å². The maximum absolute atomic E-state index is 12.6. The maximum Gasteiger partial charge on any atom is 0.265 e. The zero-order chi connectivity index (χ0) is 18.4. The number of hydrogen-bond acceptors (Lipinski definition) is 4. The molecule has 0 bridgehead atoms. The van der Waals surface area contributed by atoms with Gasteiger partial charge in [-0.1, -0.05) is 26.0 Å². The van der Waals surface area contributed by atoms with Gasteiger partial charge in [0.15, 0.2) is 0 Å². The van der Waals surface area contributed by atoms with E-state index in [1.54, 1.807) is 42.3 Å². The summed E-state index contributed by atoms with van der Waals surface area (Å²) in [5, 5.41) is 4.68. The molecule has 0 spiro atoms. The summed E-state index contributed by atoms with van der Waals surface area (Å²) < 4.78 is 0. The molecule has 0 aliphatic heterocycles. The first kappa shape index (κ1) is 19.1. The SMILES string of the molecule is CC(C)C(N)CCN(C)C(=O)c1cccc(NC(=O)c2cccs2)c1. The molecule has 0 fully saturated rings. The van der Waals surface area contributed by atoms with Crippen LogP contribution in [0.25, 0.3) is 0 Å². The number of carbonyl (C=O) groups excluding carboxylic acids is 2. The first-order valence-electron chi connectivity index (χ1n) is 8.34. The average Bonchev–Trinajstić information content (AvgIpc) is 3.13. The van der Waals surface area contributed by atoms with E-state index in [4.69, 9.17) is 5.73 Å². The first-order valence-corrected chi connectivity index (χ1v) is 9.22. The Hall–Kier alpha value is -2.18. The van der Waals surface area contributed by atoms with Crippen LogP contribution in [0.1, 0.15) is 40.3 Å². The molecule has 0 aliphatic rings. The number of anilines is 1. The van der Waals surface area contributed by atoms with Crippen molar-refractivity contribution in [2.75, 3.05) is 18.9 Å². The zero-order valence-electron chi connectivity index (χ0n) is 14.9. The molecule has 3 N–H and O–H groups in total. The van der Waals surface area contributed by atoms with E-state index in [1.807, 2.05) is 11.4 Å². The molecule has 1 heterocycles. The lowest BCUT2D eigenvalue weighted by atomic mass is 10.0. The van der Waals surface area contributed by atoms with Crippen LogP contribution < -0.4 is 11.1 Å². The van der Waals surface area contributed by atoms with E-state index >= 15 is 0 Å². The van der Waals surface area contributed by atoms with E-state index in [-0.39, 0.29) is 17.9 Å². The van der Waals surface area contributed by atoms with Crippen molar-refractivity contribution in [3.8, 4) is 0 Å². The van der Waals surface area contributed by atoms with Crippen LogP contribution in [0.2, 0.25) is 0 Å². The summed E-state index contributed by atoms with van der Waals surface area (Å²) in [6.07, 6.45) is 0.759. The Labute approximate surface area is 152 Å². The number of nitrogens with two attached hydrogens (primary N) is 1. The molecule has 6 heteroatoms. The highest BCUT2D eigenvalue weighted by atomic mass is 32.1. The molecule has 25 heavy (non-hydrogen) atoms. The van der Waals surface area contributed by atoms with Gasteiger partial charge < -0.3 is 16.0 Å². The Bertz CT molecular complexity index is 713. The van der Waals surface area contributed by atoms with E-state index in [0.717, 1.165) is 6.42 Å². The molecule has 0 radical (unpaired) electrons. The number of carbonyl (C=O) groups is 2. The lowest BCUT2D eigenvalue weighted by Gasteiger charge is -2.21. The predicted molar refractivity (Wildman–Crippen MR) is 103 cm³/mol. The second-order valence-electron chi connectivity index (χ2n) is 6.44. The van der Waals surface area contributed by atoms with Crippen molar-refractivity contribution < 1.29 is 9.59 Å². The fraction of sp³-hybridized carbons (Fsp3) is 0.368. The predicted octanol–water partition coefficient (Wildman–Crippen LogP) is 3.45. The normalized spacial score (nSPS) is 12.0. The topological polar surface area (TPSA) is 75.4 Å². The van der Waals surface area contributed by atoms with Gasteiger partial charge in [0.2, 0.25) is 0 Å². The van der Waals surface area contributed by atoms with E-state index in [2.05, 4.69) is 19.2 Å². The van der Waals surface area contributed by atoms with Crippen molar-refractivity contribution in [1.82, 2.24) is 4.90 Å². The molecule has 0 saturated heterocycles. The minimum Gasteiger partial charge on any atom is -0.342 e. The lowest BCUT2D eigenvalue weighted by molar-refractivity contribution is 0.0789. The van der Waals surface area contributed by atoms with Crippen molar-refractivity contribution in [2.45, 2.75) is 26.3 Å². The van der Waals surface area contributed by atoms with E-state index in [0.29, 0.717) is 28.6 Å². The molecule has 0 saturated carbocycles. The van der Waals surface area contributed by atoms with Gasteiger partial charge in [-0.2, -0.15) is 0 Å². The van der Waals surface area contributed by atoms with Crippen LogP contribution in [0.4, 0.5) is 5.69 Å². The van der Waals surface area contributed by atoms with Crippen molar-refractivity contribution in [2.24, 2.45) is 11.7 Å². The molecule has 1 aromatic heterocycles. The lowest BCUT2D eigenvalue weighted by Crippen LogP contribution is -2.34. The minimum atomic E-state index is -0.170. The van der Waals surface area contributed by atoms with Crippen LogP contribution in [0.15, 0.2) is 41.8 Å². The van der Waals surface area contributed by atoms with E-state index in [1.165, 1.54) is 11.3 Å². The number of thiophene rings is 1. The van der Waals surface area contributed by atoms with E-state index in [9.17, 15) is 9.59 Å². The van der Waals surface area contributed by atoms with Gasteiger partial charge in [-0.15, -0.1) is 11.3 Å². The smallest absolute Gasteiger partial charge is 0.265 e. The molecule has 1 unspecified atom stereocenters. The molecule has 134 valence electrons. The summed E-state index contributed by atoms with van der Waals surface area (Å²) in [7, 11) is 1.77. The van der Waals surface area contributed by atoms with Crippen molar-refractivity contribution in [3.63, 3.8) is 0 Å².